The number of hydrogen-bond acceptors (Lipinski definition) is 3. The molecule has 4 heteroatoms. The van der Waals surface area contributed by atoms with E-state index in [1.54, 1.807) is 6.20 Å². The van der Waals surface area contributed by atoms with E-state index >= 15 is 0 Å². The molecule has 0 aliphatic rings. The summed E-state index contributed by atoms with van der Waals surface area (Å²) in [5, 5.41) is 0. The number of ether oxygens (including phenoxy) is 1. The SMILES string of the molecule is CC(Oc1ncncc1I)c1ccccc1. The molecule has 82 valence electrons. The van der Waals surface area contributed by atoms with Gasteiger partial charge in [0.1, 0.15) is 12.4 Å². The van der Waals surface area contributed by atoms with Gasteiger partial charge in [-0.15, -0.1) is 0 Å². The third kappa shape index (κ3) is 2.69. The molecular weight excluding hydrogens is 315 g/mol. The molecule has 1 heterocycles. The van der Waals surface area contributed by atoms with Crippen molar-refractivity contribution in [1.29, 1.82) is 0 Å². The van der Waals surface area contributed by atoms with E-state index in [-0.39, 0.29) is 6.10 Å². The second-order valence-corrected chi connectivity index (χ2v) is 4.51. The van der Waals surface area contributed by atoms with Crippen LogP contribution in [-0.4, -0.2) is 9.97 Å². The normalized spacial score (nSPS) is 12.1. The molecule has 0 aliphatic heterocycles. The van der Waals surface area contributed by atoms with E-state index in [9.17, 15) is 0 Å². The van der Waals surface area contributed by atoms with Crippen LogP contribution in [0.25, 0.3) is 0 Å². The van der Waals surface area contributed by atoms with Crippen LogP contribution >= 0.6 is 22.6 Å². The smallest absolute Gasteiger partial charge is 0.230 e. The van der Waals surface area contributed by atoms with Gasteiger partial charge in [-0.25, -0.2) is 9.97 Å². The highest BCUT2D eigenvalue weighted by atomic mass is 127. The Hall–Kier alpha value is -1.17. The van der Waals surface area contributed by atoms with Gasteiger partial charge in [0, 0.05) is 6.20 Å². The molecule has 0 saturated carbocycles. The fourth-order valence-corrected chi connectivity index (χ4v) is 1.77. The third-order valence-corrected chi connectivity index (χ3v) is 2.93. The van der Waals surface area contributed by atoms with Gasteiger partial charge in [0.2, 0.25) is 5.88 Å². The van der Waals surface area contributed by atoms with Crippen molar-refractivity contribution in [2.75, 3.05) is 0 Å². The maximum absolute atomic E-state index is 5.77. The lowest BCUT2D eigenvalue weighted by atomic mass is 10.1. The van der Waals surface area contributed by atoms with Crippen LogP contribution in [0.5, 0.6) is 5.88 Å². The molecule has 0 saturated heterocycles. The lowest BCUT2D eigenvalue weighted by Crippen LogP contribution is -2.05. The number of benzene rings is 1. The Bertz CT molecular complexity index is 462. The van der Waals surface area contributed by atoms with Gasteiger partial charge in [0.05, 0.1) is 3.57 Å². The first-order valence-corrected chi connectivity index (χ1v) is 6.02. The average Bonchev–Trinajstić information content (AvgIpc) is 2.33. The second kappa shape index (κ2) is 5.25. The second-order valence-electron chi connectivity index (χ2n) is 3.35. The van der Waals surface area contributed by atoms with Gasteiger partial charge in [-0.05, 0) is 35.1 Å². The summed E-state index contributed by atoms with van der Waals surface area (Å²) >= 11 is 2.16. The number of halogens is 1. The quantitative estimate of drug-likeness (QED) is 0.813. The van der Waals surface area contributed by atoms with E-state index in [0.29, 0.717) is 5.88 Å². The van der Waals surface area contributed by atoms with Crippen LogP contribution in [-0.2, 0) is 0 Å². The molecule has 0 aliphatic carbocycles. The van der Waals surface area contributed by atoms with Crippen molar-refractivity contribution >= 4 is 22.6 Å². The van der Waals surface area contributed by atoms with Gasteiger partial charge < -0.3 is 4.74 Å². The van der Waals surface area contributed by atoms with Gasteiger partial charge >= 0.3 is 0 Å². The highest BCUT2D eigenvalue weighted by molar-refractivity contribution is 14.1. The van der Waals surface area contributed by atoms with Gasteiger partial charge in [-0.3, -0.25) is 0 Å². The molecule has 1 aromatic heterocycles. The Morgan fingerprint density at radius 3 is 2.69 bits per heavy atom. The number of rotatable bonds is 3. The van der Waals surface area contributed by atoms with Crippen LogP contribution in [0.2, 0.25) is 0 Å². The zero-order chi connectivity index (χ0) is 11.4. The molecule has 3 nitrogen and oxygen atoms in total. The number of nitrogens with zero attached hydrogens (tertiary/aromatic N) is 2. The molecule has 1 atom stereocenters. The first-order valence-electron chi connectivity index (χ1n) is 4.94. The molecule has 1 aromatic carbocycles. The van der Waals surface area contributed by atoms with Crippen LogP contribution in [0.4, 0.5) is 0 Å². The Labute approximate surface area is 108 Å². The first kappa shape index (κ1) is 11.3. The molecule has 0 fully saturated rings. The van der Waals surface area contributed by atoms with Crippen LogP contribution in [0.15, 0.2) is 42.9 Å². The zero-order valence-electron chi connectivity index (χ0n) is 8.80. The summed E-state index contributed by atoms with van der Waals surface area (Å²) in [5.41, 5.74) is 1.14. The molecule has 1 unspecified atom stereocenters. The fraction of sp³-hybridized carbons (Fsp3) is 0.167. The van der Waals surface area contributed by atoms with Crippen molar-refractivity contribution in [3.8, 4) is 5.88 Å². The topological polar surface area (TPSA) is 35.0 Å². The summed E-state index contributed by atoms with van der Waals surface area (Å²) in [4.78, 5) is 8.03. The molecule has 16 heavy (non-hydrogen) atoms. The minimum Gasteiger partial charge on any atom is -0.469 e. The molecule has 0 spiro atoms. The van der Waals surface area contributed by atoms with Crippen molar-refractivity contribution in [3.63, 3.8) is 0 Å². The van der Waals surface area contributed by atoms with E-state index in [1.807, 2.05) is 37.3 Å². The van der Waals surface area contributed by atoms with Gasteiger partial charge in [0.25, 0.3) is 0 Å². The highest BCUT2D eigenvalue weighted by Gasteiger charge is 2.09. The van der Waals surface area contributed by atoms with E-state index in [2.05, 4.69) is 32.6 Å². The lowest BCUT2D eigenvalue weighted by Gasteiger charge is -2.14. The zero-order valence-corrected chi connectivity index (χ0v) is 11.0. The molecule has 0 radical (unpaired) electrons. The number of hydrogen-bond donors (Lipinski definition) is 0. The highest BCUT2D eigenvalue weighted by Crippen LogP contribution is 2.23. The van der Waals surface area contributed by atoms with Crippen LogP contribution in [0, 0.1) is 3.57 Å². The van der Waals surface area contributed by atoms with Crippen LogP contribution < -0.4 is 4.74 Å². The summed E-state index contributed by atoms with van der Waals surface area (Å²) in [5.74, 6) is 0.631. The molecule has 2 aromatic rings. The lowest BCUT2D eigenvalue weighted by molar-refractivity contribution is 0.215. The third-order valence-electron chi connectivity index (χ3n) is 2.19. The van der Waals surface area contributed by atoms with Crippen molar-refractivity contribution in [2.45, 2.75) is 13.0 Å². The van der Waals surface area contributed by atoms with E-state index < -0.39 is 0 Å². The van der Waals surface area contributed by atoms with Gasteiger partial charge in [-0.2, -0.15) is 0 Å². The monoisotopic (exact) mass is 326 g/mol. The van der Waals surface area contributed by atoms with Crippen LogP contribution in [0.3, 0.4) is 0 Å². The Balaban J connectivity index is 2.14. The van der Waals surface area contributed by atoms with E-state index in [4.69, 9.17) is 4.74 Å². The summed E-state index contributed by atoms with van der Waals surface area (Å²) in [6.45, 7) is 2.01. The minimum absolute atomic E-state index is 0.00961. The summed E-state index contributed by atoms with van der Waals surface area (Å²) in [6.07, 6.45) is 3.22. The summed E-state index contributed by atoms with van der Waals surface area (Å²) in [7, 11) is 0. The standard InChI is InChI=1S/C12H11IN2O/c1-9(10-5-3-2-4-6-10)16-12-11(13)7-14-8-15-12/h2-9H,1H3. The maximum Gasteiger partial charge on any atom is 0.230 e. The van der Waals surface area contributed by atoms with Crippen molar-refractivity contribution in [3.05, 3.63) is 52.0 Å². The number of aromatic nitrogens is 2. The largest absolute Gasteiger partial charge is 0.469 e. The van der Waals surface area contributed by atoms with Gasteiger partial charge in [0.15, 0.2) is 0 Å². The Morgan fingerprint density at radius 2 is 2.00 bits per heavy atom. The maximum atomic E-state index is 5.77. The Kier molecular flexibility index (Phi) is 3.71. The molecule has 0 bridgehead atoms. The minimum atomic E-state index is -0.00961. The van der Waals surface area contributed by atoms with Crippen molar-refractivity contribution in [1.82, 2.24) is 9.97 Å². The van der Waals surface area contributed by atoms with Crippen LogP contribution in [0.1, 0.15) is 18.6 Å². The molecular formula is C12H11IN2O. The van der Waals surface area contributed by atoms with Crippen molar-refractivity contribution in [2.24, 2.45) is 0 Å². The van der Waals surface area contributed by atoms with E-state index in [1.165, 1.54) is 6.33 Å². The fourth-order valence-electron chi connectivity index (χ4n) is 1.35. The molecule has 0 amide bonds. The molecule has 0 N–H and O–H groups in total. The average molecular weight is 326 g/mol. The summed E-state index contributed by atoms with van der Waals surface area (Å²) < 4.78 is 6.69. The first-order chi connectivity index (χ1) is 7.77. The van der Waals surface area contributed by atoms with E-state index in [0.717, 1.165) is 9.13 Å². The summed E-state index contributed by atoms with van der Waals surface area (Å²) in [6, 6.07) is 10.1. The Morgan fingerprint density at radius 1 is 1.25 bits per heavy atom. The predicted octanol–water partition coefficient (Wildman–Crippen LogP) is 3.22. The van der Waals surface area contributed by atoms with Crippen molar-refractivity contribution < 1.29 is 4.74 Å². The molecule has 2 rings (SSSR count). The predicted molar refractivity (Wildman–Crippen MR) is 70.2 cm³/mol. The van der Waals surface area contributed by atoms with Gasteiger partial charge in [-0.1, -0.05) is 30.3 Å².